The van der Waals surface area contributed by atoms with Crippen LogP contribution in [0.2, 0.25) is 0 Å². The molecular formula is C14H21NO4. The van der Waals surface area contributed by atoms with Gasteiger partial charge >= 0.3 is 0 Å². The number of ether oxygens (including phenoxy) is 2. The average Bonchev–Trinajstić information content (AvgIpc) is 2.42. The minimum atomic E-state index is -0.265. The van der Waals surface area contributed by atoms with E-state index in [0.29, 0.717) is 11.5 Å². The molecule has 1 aromatic carbocycles. The Balaban J connectivity index is 2.50. The number of aliphatic hydroxyl groups excluding tert-OH is 1. The highest BCUT2D eigenvalue weighted by Gasteiger charge is 2.15. The van der Waals surface area contributed by atoms with Crippen LogP contribution in [0.4, 0.5) is 0 Å². The number of methoxy groups -OCH3 is 1. The van der Waals surface area contributed by atoms with Gasteiger partial charge in [-0.05, 0) is 18.1 Å². The van der Waals surface area contributed by atoms with E-state index in [1.165, 1.54) is 0 Å². The average molecular weight is 267 g/mol. The largest absolute Gasteiger partial charge is 0.493 e. The van der Waals surface area contributed by atoms with Gasteiger partial charge in [-0.25, -0.2) is 0 Å². The summed E-state index contributed by atoms with van der Waals surface area (Å²) < 4.78 is 10.5. The number of nitrogens with one attached hydrogen (secondary N) is 1. The molecule has 0 aliphatic carbocycles. The second-order valence-electron chi connectivity index (χ2n) is 4.54. The molecule has 0 spiro atoms. The maximum atomic E-state index is 11.7. The van der Waals surface area contributed by atoms with Crippen LogP contribution in [-0.2, 0) is 4.79 Å². The predicted molar refractivity (Wildman–Crippen MR) is 72.3 cm³/mol. The van der Waals surface area contributed by atoms with E-state index in [-0.39, 0.29) is 31.1 Å². The van der Waals surface area contributed by atoms with Gasteiger partial charge in [0.1, 0.15) is 0 Å². The first kappa shape index (κ1) is 15.3. The monoisotopic (exact) mass is 267 g/mol. The number of hydrogen-bond donors (Lipinski definition) is 2. The molecule has 0 aromatic heterocycles. The molecule has 5 nitrogen and oxygen atoms in total. The summed E-state index contributed by atoms with van der Waals surface area (Å²) in [5, 5.41) is 11.9. The van der Waals surface area contributed by atoms with Gasteiger partial charge in [-0.1, -0.05) is 26.0 Å². The summed E-state index contributed by atoms with van der Waals surface area (Å²) in [6.07, 6.45) is 0. The lowest BCUT2D eigenvalue weighted by molar-refractivity contribution is -0.124. The van der Waals surface area contributed by atoms with Crippen LogP contribution in [0.5, 0.6) is 11.5 Å². The normalized spacial score (nSPS) is 12.1. The highest BCUT2D eigenvalue weighted by molar-refractivity contribution is 5.78. The molecule has 0 saturated carbocycles. The Morgan fingerprint density at radius 2 is 1.95 bits per heavy atom. The van der Waals surface area contributed by atoms with Crippen LogP contribution in [0.15, 0.2) is 24.3 Å². The fourth-order valence-corrected chi connectivity index (χ4v) is 1.55. The van der Waals surface area contributed by atoms with Crippen molar-refractivity contribution in [1.29, 1.82) is 0 Å². The minimum absolute atomic E-state index is 0.0853. The molecule has 0 aliphatic rings. The van der Waals surface area contributed by atoms with Gasteiger partial charge in [-0.15, -0.1) is 0 Å². The van der Waals surface area contributed by atoms with Gasteiger partial charge in [0.2, 0.25) is 0 Å². The van der Waals surface area contributed by atoms with Crippen LogP contribution in [0.25, 0.3) is 0 Å². The van der Waals surface area contributed by atoms with Crippen LogP contribution >= 0.6 is 0 Å². The van der Waals surface area contributed by atoms with Gasteiger partial charge in [0, 0.05) is 0 Å². The highest BCUT2D eigenvalue weighted by Crippen LogP contribution is 2.25. The Morgan fingerprint density at radius 3 is 2.47 bits per heavy atom. The van der Waals surface area contributed by atoms with E-state index in [1.807, 2.05) is 19.9 Å². The molecule has 0 heterocycles. The molecule has 0 fully saturated rings. The van der Waals surface area contributed by atoms with Gasteiger partial charge in [0.05, 0.1) is 19.8 Å². The fourth-order valence-electron chi connectivity index (χ4n) is 1.55. The van der Waals surface area contributed by atoms with Crippen molar-refractivity contribution in [3.63, 3.8) is 0 Å². The zero-order valence-electron chi connectivity index (χ0n) is 11.6. The first-order valence-electron chi connectivity index (χ1n) is 6.24. The molecule has 0 radical (unpaired) electrons. The number of benzene rings is 1. The predicted octanol–water partition coefficient (Wildman–Crippen LogP) is 1.21. The number of para-hydroxylation sites is 2. The van der Waals surface area contributed by atoms with Gasteiger partial charge in [-0.2, -0.15) is 0 Å². The molecule has 1 rings (SSSR count). The zero-order chi connectivity index (χ0) is 14.3. The molecular weight excluding hydrogens is 246 g/mol. The summed E-state index contributed by atoms with van der Waals surface area (Å²) in [7, 11) is 1.54. The Hall–Kier alpha value is -1.75. The van der Waals surface area contributed by atoms with Crippen molar-refractivity contribution in [1.82, 2.24) is 5.32 Å². The van der Waals surface area contributed by atoms with Crippen molar-refractivity contribution in [2.45, 2.75) is 19.9 Å². The van der Waals surface area contributed by atoms with Gasteiger partial charge in [-0.3, -0.25) is 4.79 Å². The van der Waals surface area contributed by atoms with E-state index in [2.05, 4.69) is 5.32 Å². The molecule has 1 amide bonds. The Bertz CT molecular complexity index is 406. The fraction of sp³-hybridized carbons (Fsp3) is 0.500. The highest BCUT2D eigenvalue weighted by atomic mass is 16.5. The van der Waals surface area contributed by atoms with E-state index in [1.54, 1.807) is 25.3 Å². The molecule has 0 aliphatic heterocycles. The number of hydrogen-bond acceptors (Lipinski definition) is 4. The standard InChI is InChI=1S/C14H21NO4/c1-10(2)11(8-16)15-14(17)9-19-13-7-5-4-6-12(13)18-3/h4-7,10-11,16H,8-9H2,1-3H3,(H,15,17). The summed E-state index contributed by atoms with van der Waals surface area (Å²) in [6, 6.07) is 6.87. The van der Waals surface area contributed by atoms with Crippen molar-refractivity contribution in [3.8, 4) is 11.5 Å². The van der Waals surface area contributed by atoms with Crippen LogP contribution in [0.1, 0.15) is 13.8 Å². The van der Waals surface area contributed by atoms with Crippen LogP contribution < -0.4 is 14.8 Å². The summed E-state index contributed by atoms with van der Waals surface area (Å²) in [5.41, 5.74) is 0. The van der Waals surface area contributed by atoms with Gasteiger partial charge in [0.25, 0.3) is 5.91 Å². The molecule has 1 unspecified atom stereocenters. The molecule has 5 heteroatoms. The van der Waals surface area contributed by atoms with E-state index in [9.17, 15) is 4.79 Å². The van der Waals surface area contributed by atoms with Gasteiger partial charge in [0.15, 0.2) is 18.1 Å². The number of amides is 1. The molecule has 2 N–H and O–H groups in total. The SMILES string of the molecule is COc1ccccc1OCC(=O)NC(CO)C(C)C. The third-order valence-corrected chi connectivity index (χ3v) is 2.78. The molecule has 0 bridgehead atoms. The Labute approximate surface area is 113 Å². The molecule has 0 saturated heterocycles. The van der Waals surface area contributed by atoms with Crippen molar-refractivity contribution in [3.05, 3.63) is 24.3 Å². The van der Waals surface area contributed by atoms with Crippen molar-refractivity contribution < 1.29 is 19.4 Å². The van der Waals surface area contributed by atoms with Crippen molar-refractivity contribution in [2.75, 3.05) is 20.3 Å². The lowest BCUT2D eigenvalue weighted by Crippen LogP contribution is -2.43. The van der Waals surface area contributed by atoms with E-state index < -0.39 is 0 Å². The molecule has 1 atom stereocenters. The molecule has 19 heavy (non-hydrogen) atoms. The van der Waals surface area contributed by atoms with Crippen molar-refractivity contribution >= 4 is 5.91 Å². The first-order valence-corrected chi connectivity index (χ1v) is 6.24. The number of carbonyl (C=O) groups is 1. The Kier molecular flexibility index (Phi) is 6.15. The van der Waals surface area contributed by atoms with Crippen LogP contribution in [0, 0.1) is 5.92 Å². The smallest absolute Gasteiger partial charge is 0.258 e. The van der Waals surface area contributed by atoms with E-state index >= 15 is 0 Å². The number of carbonyl (C=O) groups excluding carboxylic acids is 1. The van der Waals surface area contributed by atoms with Gasteiger partial charge < -0.3 is 19.9 Å². The minimum Gasteiger partial charge on any atom is -0.493 e. The summed E-state index contributed by atoms with van der Waals surface area (Å²) in [6.45, 7) is 3.67. The summed E-state index contributed by atoms with van der Waals surface area (Å²) in [4.78, 5) is 11.7. The summed E-state index contributed by atoms with van der Waals surface area (Å²) >= 11 is 0. The lowest BCUT2D eigenvalue weighted by Gasteiger charge is -2.20. The summed E-state index contributed by atoms with van der Waals surface area (Å²) in [5.74, 6) is 1.00. The van der Waals surface area contributed by atoms with Crippen LogP contribution in [-0.4, -0.2) is 37.4 Å². The first-order chi connectivity index (χ1) is 9.08. The number of aliphatic hydroxyl groups is 1. The maximum absolute atomic E-state index is 11.7. The zero-order valence-corrected chi connectivity index (χ0v) is 11.6. The third-order valence-electron chi connectivity index (χ3n) is 2.78. The third kappa shape index (κ3) is 4.79. The topological polar surface area (TPSA) is 67.8 Å². The number of rotatable bonds is 7. The molecule has 1 aromatic rings. The van der Waals surface area contributed by atoms with Crippen molar-refractivity contribution in [2.24, 2.45) is 5.92 Å². The van der Waals surface area contributed by atoms with E-state index in [0.717, 1.165) is 0 Å². The van der Waals surface area contributed by atoms with E-state index in [4.69, 9.17) is 14.6 Å². The maximum Gasteiger partial charge on any atom is 0.258 e. The second kappa shape index (κ2) is 7.63. The van der Waals surface area contributed by atoms with Crippen LogP contribution in [0.3, 0.4) is 0 Å². The lowest BCUT2D eigenvalue weighted by atomic mass is 10.1. The Morgan fingerprint density at radius 1 is 1.32 bits per heavy atom. The molecule has 106 valence electrons. The quantitative estimate of drug-likeness (QED) is 0.779. The second-order valence-corrected chi connectivity index (χ2v) is 4.54.